The summed E-state index contributed by atoms with van der Waals surface area (Å²) >= 11 is 0. The van der Waals surface area contributed by atoms with Gasteiger partial charge < -0.3 is 5.32 Å². The van der Waals surface area contributed by atoms with Crippen LogP contribution >= 0.6 is 0 Å². The number of allylic oxidation sites excluding steroid dienone is 1. The zero-order chi connectivity index (χ0) is 15.2. The predicted octanol–water partition coefficient (Wildman–Crippen LogP) is 3.68. The minimum Gasteiger partial charge on any atom is -0.326 e. The number of hydrogen-bond donors (Lipinski definition) is 1. The predicted molar refractivity (Wildman–Crippen MR) is 80.5 cm³/mol. The van der Waals surface area contributed by atoms with Crippen molar-refractivity contribution in [3.63, 3.8) is 0 Å². The highest BCUT2D eigenvalue weighted by atomic mass is 19.1. The Morgan fingerprint density at radius 2 is 1.81 bits per heavy atom. The van der Waals surface area contributed by atoms with Crippen LogP contribution in [0.25, 0.3) is 6.08 Å². The minimum atomic E-state index is -0.436. The molecule has 4 heteroatoms. The third-order valence-electron chi connectivity index (χ3n) is 2.77. The van der Waals surface area contributed by atoms with Gasteiger partial charge in [-0.25, -0.2) is 4.39 Å². The van der Waals surface area contributed by atoms with E-state index in [2.05, 4.69) is 5.32 Å². The number of rotatable bonds is 4. The van der Waals surface area contributed by atoms with Gasteiger partial charge in [0.25, 0.3) is 0 Å². The fourth-order valence-electron chi connectivity index (χ4n) is 1.79. The first kappa shape index (κ1) is 14.7. The maximum absolute atomic E-state index is 13.0. The quantitative estimate of drug-likeness (QED) is 0.687. The number of hydrogen-bond acceptors (Lipinski definition) is 2. The molecule has 2 aromatic rings. The molecule has 0 atom stereocenters. The number of halogens is 1. The summed E-state index contributed by atoms with van der Waals surface area (Å²) in [6.07, 6.45) is 3.03. The first-order valence-corrected chi connectivity index (χ1v) is 6.40. The van der Waals surface area contributed by atoms with Gasteiger partial charge in [0.2, 0.25) is 5.91 Å². The second-order valence-electron chi connectivity index (χ2n) is 4.51. The fraction of sp³-hybridized carbons (Fsp3) is 0.0588. The van der Waals surface area contributed by atoms with Gasteiger partial charge in [-0.15, -0.1) is 0 Å². The van der Waals surface area contributed by atoms with Crippen LogP contribution in [-0.2, 0) is 4.79 Å². The summed E-state index contributed by atoms with van der Waals surface area (Å²) in [5.41, 5.74) is 1.81. The van der Waals surface area contributed by atoms with E-state index in [0.717, 1.165) is 5.56 Å². The molecule has 0 bridgehead atoms. The first-order valence-electron chi connectivity index (χ1n) is 6.40. The first-order chi connectivity index (χ1) is 10.0. The lowest BCUT2D eigenvalue weighted by molar-refractivity contribution is -0.114. The van der Waals surface area contributed by atoms with Crippen LogP contribution in [0.15, 0.2) is 54.6 Å². The van der Waals surface area contributed by atoms with Gasteiger partial charge in [0.15, 0.2) is 5.78 Å². The number of benzene rings is 2. The third-order valence-corrected chi connectivity index (χ3v) is 2.77. The Kier molecular flexibility index (Phi) is 4.61. The van der Waals surface area contributed by atoms with E-state index in [-0.39, 0.29) is 11.7 Å². The molecule has 0 aliphatic carbocycles. The van der Waals surface area contributed by atoms with Gasteiger partial charge >= 0.3 is 0 Å². The summed E-state index contributed by atoms with van der Waals surface area (Å²) in [6, 6.07) is 12.6. The molecule has 0 heterocycles. The number of carbonyl (C=O) groups is 2. The fourth-order valence-corrected chi connectivity index (χ4v) is 1.79. The molecule has 21 heavy (non-hydrogen) atoms. The van der Waals surface area contributed by atoms with Crippen molar-refractivity contribution in [2.24, 2.45) is 0 Å². The van der Waals surface area contributed by atoms with Gasteiger partial charge in [-0.05, 0) is 35.9 Å². The maximum Gasteiger partial charge on any atom is 0.221 e. The minimum absolute atomic E-state index is 0.139. The van der Waals surface area contributed by atoms with Crippen molar-refractivity contribution >= 4 is 23.5 Å². The Balaban J connectivity index is 2.07. The van der Waals surface area contributed by atoms with Gasteiger partial charge in [0.1, 0.15) is 5.82 Å². The lowest BCUT2D eigenvalue weighted by Crippen LogP contribution is -2.05. The van der Waals surface area contributed by atoms with Crippen LogP contribution in [0.5, 0.6) is 0 Å². The highest BCUT2D eigenvalue weighted by molar-refractivity contribution is 6.06. The van der Waals surface area contributed by atoms with E-state index in [4.69, 9.17) is 0 Å². The second-order valence-corrected chi connectivity index (χ2v) is 4.51. The topological polar surface area (TPSA) is 46.2 Å². The van der Waals surface area contributed by atoms with Crippen molar-refractivity contribution in [3.8, 4) is 0 Å². The van der Waals surface area contributed by atoms with Gasteiger partial charge in [-0.1, -0.05) is 30.3 Å². The molecule has 1 N–H and O–H groups in total. The van der Waals surface area contributed by atoms with Crippen LogP contribution in [0.1, 0.15) is 22.8 Å². The van der Waals surface area contributed by atoms with Crippen molar-refractivity contribution in [1.29, 1.82) is 0 Å². The average Bonchev–Trinajstić information content (AvgIpc) is 2.45. The van der Waals surface area contributed by atoms with E-state index >= 15 is 0 Å². The average molecular weight is 283 g/mol. The summed E-state index contributed by atoms with van der Waals surface area (Å²) in [4.78, 5) is 22.8. The Labute approximate surface area is 122 Å². The lowest BCUT2D eigenvalue weighted by atomic mass is 10.1. The van der Waals surface area contributed by atoms with Crippen LogP contribution in [0, 0.1) is 5.82 Å². The van der Waals surface area contributed by atoms with Crippen molar-refractivity contribution < 1.29 is 14.0 Å². The number of amides is 1. The van der Waals surface area contributed by atoms with Crippen LogP contribution in [0.3, 0.4) is 0 Å². The van der Waals surface area contributed by atoms with E-state index in [1.165, 1.54) is 31.2 Å². The van der Waals surface area contributed by atoms with Crippen LogP contribution in [-0.4, -0.2) is 11.7 Å². The Hall–Kier alpha value is -2.75. The molecular formula is C17H14FNO2. The van der Waals surface area contributed by atoms with Crippen molar-refractivity contribution in [3.05, 3.63) is 71.6 Å². The zero-order valence-corrected chi connectivity index (χ0v) is 11.5. The molecule has 2 aromatic carbocycles. The lowest BCUT2D eigenvalue weighted by Gasteiger charge is -2.01. The molecule has 0 spiro atoms. The number of anilines is 1. The molecule has 1 amide bonds. The summed E-state index contributed by atoms with van der Waals surface area (Å²) in [5.74, 6) is -0.839. The van der Waals surface area contributed by atoms with Gasteiger partial charge in [-0.3, -0.25) is 9.59 Å². The van der Waals surface area contributed by atoms with E-state index in [1.807, 2.05) is 0 Å². The zero-order valence-electron chi connectivity index (χ0n) is 11.5. The maximum atomic E-state index is 13.0. The van der Waals surface area contributed by atoms with Gasteiger partial charge in [0.05, 0.1) is 0 Å². The highest BCUT2D eigenvalue weighted by Crippen LogP contribution is 2.12. The second kappa shape index (κ2) is 6.61. The molecule has 0 radical (unpaired) electrons. The van der Waals surface area contributed by atoms with Crippen LogP contribution in [0.4, 0.5) is 10.1 Å². The smallest absolute Gasteiger partial charge is 0.221 e. The van der Waals surface area contributed by atoms with E-state index in [0.29, 0.717) is 11.3 Å². The molecule has 0 fully saturated rings. The number of nitrogens with one attached hydrogen (secondary N) is 1. The van der Waals surface area contributed by atoms with E-state index < -0.39 is 5.82 Å². The Bertz CT molecular complexity index is 690. The van der Waals surface area contributed by atoms with E-state index in [9.17, 15) is 14.0 Å². The van der Waals surface area contributed by atoms with Crippen molar-refractivity contribution in [2.75, 3.05) is 5.32 Å². The van der Waals surface area contributed by atoms with Gasteiger partial charge in [-0.2, -0.15) is 0 Å². The Morgan fingerprint density at radius 3 is 2.43 bits per heavy atom. The van der Waals surface area contributed by atoms with Crippen molar-refractivity contribution in [1.82, 2.24) is 0 Å². The molecule has 0 saturated heterocycles. The molecule has 0 aromatic heterocycles. The molecule has 0 unspecified atom stereocenters. The van der Waals surface area contributed by atoms with E-state index in [1.54, 1.807) is 36.4 Å². The molecule has 0 saturated carbocycles. The summed E-state index contributed by atoms with van der Waals surface area (Å²) in [5, 5.41) is 2.66. The Morgan fingerprint density at radius 1 is 1.10 bits per heavy atom. The summed E-state index contributed by atoms with van der Waals surface area (Å²) in [7, 11) is 0. The normalized spacial score (nSPS) is 10.6. The number of ketones is 1. The largest absolute Gasteiger partial charge is 0.326 e. The van der Waals surface area contributed by atoms with Crippen LogP contribution < -0.4 is 5.32 Å². The highest BCUT2D eigenvalue weighted by Gasteiger charge is 2.02. The third kappa shape index (κ3) is 4.38. The molecule has 2 rings (SSSR count). The standard InChI is InChI=1S/C17H14FNO2/c1-12(20)19-16-8-5-13(6-9-16)7-10-17(21)14-3-2-4-15(18)11-14/h2-11H,1H3,(H,19,20)/b10-7+. The molecule has 106 valence electrons. The molecular weight excluding hydrogens is 269 g/mol. The summed E-state index contributed by atoms with van der Waals surface area (Å²) < 4.78 is 13.0. The molecule has 0 aliphatic rings. The molecule has 0 aliphatic heterocycles. The van der Waals surface area contributed by atoms with Crippen molar-refractivity contribution in [2.45, 2.75) is 6.92 Å². The summed E-state index contributed by atoms with van der Waals surface area (Å²) in [6.45, 7) is 1.44. The van der Waals surface area contributed by atoms with Gasteiger partial charge in [0, 0.05) is 18.2 Å². The number of carbonyl (C=O) groups excluding carboxylic acids is 2. The monoisotopic (exact) mass is 283 g/mol. The van der Waals surface area contributed by atoms with Crippen LogP contribution in [0.2, 0.25) is 0 Å². The SMILES string of the molecule is CC(=O)Nc1ccc(/C=C/C(=O)c2cccc(F)c2)cc1. The molecule has 3 nitrogen and oxygen atoms in total.